The van der Waals surface area contributed by atoms with Crippen LogP contribution in [0.5, 0.6) is 0 Å². The third-order valence-electron chi connectivity index (χ3n) is 0.339. The number of halogens is 2. The Morgan fingerprint density at radius 3 is 2.14 bits per heavy atom. The molecule has 0 aliphatic heterocycles. The van der Waals surface area contributed by atoms with E-state index >= 15 is 0 Å². The van der Waals surface area contributed by atoms with E-state index in [9.17, 15) is 8.78 Å². The molecule has 0 saturated carbocycles. The van der Waals surface area contributed by atoms with E-state index < -0.39 is 12.3 Å². The first-order valence-corrected chi connectivity index (χ1v) is 1.44. The monoisotopic (exact) mass is 110 g/mol. The quantitative estimate of drug-likeness (QED) is 0.216. The summed E-state index contributed by atoms with van der Waals surface area (Å²) in [5, 5.41) is 9.52. The fourth-order valence-corrected chi connectivity index (χ4v) is 0.0436. The third kappa shape index (κ3) is 1.91. The predicted octanol–water partition coefficient (Wildman–Crippen LogP) is -0.00210. The number of amidine groups is 1. The van der Waals surface area contributed by atoms with Gasteiger partial charge in [0.1, 0.15) is 0 Å². The van der Waals surface area contributed by atoms with E-state index in [1.165, 1.54) is 0 Å². The van der Waals surface area contributed by atoms with Crippen LogP contribution in [0.25, 0.3) is 0 Å². The molecule has 0 heterocycles. The highest BCUT2D eigenvalue weighted by molar-refractivity contribution is 5.82. The summed E-state index contributed by atoms with van der Waals surface area (Å²) in [4.78, 5) is 0. The Bertz CT molecular complexity index is 81.8. The molecule has 0 aliphatic rings. The molecule has 0 saturated heterocycles. The Hall–Kier alpha value is -0.870. The standard InChI is InChI=1S/C2H4F2N2O/c3-1(4)2(5)6-7/h1,7H,(H2,5,6). The Labute approximate surface area is 38.4 Å². The van der Waals surface area contributed by atoms with Gasteiger partial charge in [0, 0.05) is 0 Å². The topological polar surface area (TPSA) is 58.6 Å². The first kappa shape index (κ1) is 6.13. The average Bonchev–Trinajstić information content (AvgIpc) is 1.65. The fraction of sp³-hybridized carbons (Fsp3) is 0.500. The molecule has 0 fully saturated rings. The van der Waals surface area contributed by atoms with Gasteiger partial charge in [-0.3, -0.25) is 0 Å². The summed E-state index contributed by atoms with van der Waals surface area (Å²) < 4.78 is 22.0. The summed E-state index contributed by atoms with van der Waals surface area (Å²) in [6.45, 7) is 0. The van der Waals surface area contributed by atoms with Crippen molar-refractivity contribution < 1.29 is 14.0 Å². The van der Waals surface area contributed by atoms with Crippen LogP contribution >= 0.6 is 0 Å². The van der Waals surface area contributed by atoms with Crippen molar-refractivity contribution in [2.24, 2.45) is 10.9 Å². The highest BCUT2D eigenvalue weighted by atomic mass is 19.3. The van der Waals surface area contributed by atoms with Gasteiger partial charge in [0.05, 0.1) is 0 Å². The van der Waals surface area contributed by atoms with Crippen molar-refractivity contribution in [2.45, 2.75) is 6.43 Å². The minimum absolute atomic E-state index is 1.06. The van der Waals surface area contributed by atoms with Gasteiger partial charge in [-0.2, -0.15) is 0 Å². The number of nitrogens with two attached hydrogens (primary N) is 1. The summed E-state index contributed by atoms with van der Waals surface area (Å²) in [6.07, 6.45) is -2.86. The number of oxime groups is 1. The lowest BCUT2D eigenvalue weighted by atomic mass is 10.7. The van der Waals surface area contributed by atoms with Crippen LogP contribution in [0, 0.1) is 0 Å². The van der Waals surface area contributed by atoms with Gasteiger partial charge in [-0.25, -0.2) is 8.78 Å². The largest absolute Gasteiger partial charge is 0.409 e. The van der Waals surface area contributed by atoms with E-state index in [0.29, 0.717) is 0 Å². The van der Waals surface area contributed by atoms with E-state index in [0.717, 1.165) is 0 Å². The maximum absolute atomic E-state index is 11.0. The van der Waals surface area contributed by atoms with E-state index in [2.05, 4.69) is 5.73 Å². The van der Waals surface area contributed by atoms with Crippen molar-refractivity contribution in [3.05, 3.63) is 0 Å². The molecule has 7 heavy (non-hydrogen) atoms. The molecule has 0 rings (SSSR count). The summed E-state index contributed by atoms with van der Waals surface area (Å²) >= 11 is 0. The molecule has 3 nitrogen and oxygen atoms in total. The minimum Gasteiger partial charge on any atom is -0.409 e. The number of rotatable bonds is 1. The van der Waals surface area contributed by atoms with Crippen molar-refractivity contribution in [1.82, 2.24) is 0 Å². The zero-order valence-electron chi connectivity index (χ0n) is 3.31. The molecular weight excluding hydrogens is 106 g/mol. The summed E-state index contributed by atoms with van der Waals surface area (Å²) in [5.41, 5.74) is 4.37. The molecule has 0 aliphatic carbocycles. The fourth-order valence-electron chi connectivity index (χ4n) is 0.0436. The molecule has 0 radical (unpaired) electrons. The van der Waals surface area contributed by atoms with Crippen molar-refractivity contribution in [3.8, 4) is 0 Å². The highest BCUT2D eigenvalue weighted by Crippen LogP contribution is 1.88. The second-order valence-electron chi connectivity index (χ2n) is 0.826. The average molecular weight is 110 g/mol. The molecule has 0 amide bonds. The van der Waals surface area contributed by atoms with Gasteiger partial charge in [-0.05, 0) is 0 Å². The molecule has 0 aromatic heterocycles. The maximum atomic E-state index is 11.0. The van der Waals surface area contributed by atoms with Crippen LogP contribution in [0.3, 0.4) is 0 Å². The molecule has 0 spiro atoms. The molecular formula is C2H4F2N2O. The number of hydrogen-bond acceptors (Lipinski definition) is 2. The lowest BCUT2D eigenvalue weighted by Crippen LogP contribution is -2.20. The van der Waals surface area contributed by atoms with Crippen molar-refractivity contribution in [1.29, 1.82) is 0 Å². The molecule has 0 aromatic rings. The Kier molecular flexibility index (Phi) is 2.04. The van der Waals surface area contributed by atoms with Gasteiger partial charge in [-0.1, -0.05) is 5.16 Å². The van der Waals surface area contributed by atoms with Crippen LogP contribution in [-0.2, 0) is 0 Å². The van der Waals surface area contributed by atoms with Crippen LogP contribution in [0.4, 0.5) is 8.78 Å². The first-order chi connectivity index (χ1) is 3.18. The molecule has 0 bridgehead atoms. The second kappa shape index (κ2) is 2.33. The SMILES string of the molecule is N/C(=N\O)C(F)F. The van der Waals surface area contributed by atoms with Gasteiger partial charge >= 0.3 is 0 Å². The zero-order chi connectivity index (χ0) is 5.86. The van der Waals surface area contributed by atoms with Gasteiger partial charge in [-0.15, -0.1) is 0 Å². The van der Waals surface area contributed by atoms with Crippen molar-refractivity contribution in [2.75, 3.05) is 0 Å². The second-order valence-corrected chi connectivity index (χ2v) is 0.826. The van der Waals surface area contributed by atoms with E-state index in [-0.39, 0.29) is 0 Å². The minimum atomic E-state index is -2.86. The molecule has 0 unspecified atom stereocenters. The summed E-state index contributed by atoms with van der Waals surface area (Å²) in [5.74, 6) is -1.06. The lowest BCUT2D eigenvalue weighted by molar-refractivity contribution is 0.212. The van der Waals surface area contributed by atoms with E-state index in [4.69, 9.17) is 5.21 Å². The van der Waals surface area contributed by atoms with E-state index in [1.807, 2.05) is 5.16 Å². The van der Waals surface area contributed by atoms with Crippen LogP contribution < -0.4 is 5.73 Å². The number of nitrogens with zero attached hydrogens (tertiary/aromatic N) is 1. The summed E-state index contributed by atoms with van der Waals surface area (Å²) in [6, 6.07) is 0. The van der Waals surface area contributed by atoms with Crippen LogP contribution in [0.2, 0.25) is 0 Å². The number of alkyl halides is 2. The highest BCUT2D eigenvalue weighted by Gasteiger charge is 2.06. The van der Waals surface area contributed by atoms with E-state index in [1.54, 1.807) is 0 Å². The predicted molar refractivity (Wildman–Crippen MR) is 19.4 cm³/mol. The van der Waals surface area contributed by atoms with Crippen molar-refractivity contribution >= 4 is 5.84 Å². The smallest absolute Gasteiger partial charge is 0.298 e. The van der Waals surface area contributed by atoms with Crippen LogP contribution in [0.15, 0.2) is 5.16 Å². The molecule has 0 aromatic carbocycles. The van der Waals surface area contributed by atoms with Gasteiger partial charge < -0.3 is 10.9 Å². The Balaban J connectivity index is 3.56. The Morgan fingerprint density at radius 2 is 2.14 bits per heavy atom. The summed E-state index contributed by atoms with van der Waals surface area (Å²) in [7, 11) is 0. The molecule has 5 heteroatoms. The first-order valence-electron chi connectivity index (χ1n) is 1.44. The normalized spacial score (nSPS) is 12.7. The molecule has 42 valence electrons. The molecule has 0 atom stereocenters. The number of hydrogen-bond donors (Lipinski definition) is 2. The van der Waals surface area contributed by atoms with Crippen LogP contribution in [0.1, 0.15) is 0 Å². The lowest BCUT2D eigenvalue weighted by Gasteiger charge is -1.89. The zero-order valence-corrected chi connectivity index (χ0v) is 3.31. The van der Waals surface area contributed by atoms with Gasteiger partial charge in [0.2, 0.25) is 5.84 Å². The van der Waals surface area contributed by atoms with Gasteiger partial charge in [0.25, 0.3) is 6.43 Å². The third-order valence-corrected chi connectivity index (χ3v) is 0.339. The Morgan fingerprint density at radius 1 is 1.71 bits per heavy atom. The maximum Gasteiger partial charge on any atom is 0.298 e. The molecule has 3 N–H and O–H groups in total. The van der Waals surface area contributed by atoms with Gasteiger partial charge in [0.15, 0.2) is 0 Å². The van der Waals surface area contributed by atoms with Crippen molar-refractivity contribution in [3.63, 3.8) is 0 Å². The van der Waals surface area contributed by atoms with Crippen LogP contribution in [-0.4, -0.2) is 17.5 Å².